The van der Waals surface area contributed by atoms with Crippen molar-refractivity contribution in [2.45, 2.75) is 45.8 Å². The monoisotopic (exact) mass is 419 g/mol. The molecule has 31 heavy (non-hydrogen) atoms. The molecule has 0 bridgehead atoms. The van der Waals surface area contributed by atoms with E-state index in [9.17, 15) is 9.59 Å². The Balaban J connectivity index is 1.51. The fourth-order valence-electron chi connectivity index (χ4n) is 3.49. The lowest BCUT2D eigenvalue weighted by Crippen LogP contribution is -2.33. The van der Waals surface area contributed by atoms with E-state index >= 15 is 0 Å². The lowest BCUT2D eigenvalue weighted by Gasteiger charge is -2.17. The van der Waals surface area contributed by atoms with E-state index in [1.165, 1.54) is 6.08 Å². The maximum atomic E-state index is 12.6. The Hall–Kier alpha value is -3.61. The fourth-order valence-corrected chi connectivity index (χ4v) is 3.49. The first-order chi connectivity index (χ1) is 14.9. The SMILES string of the molecule is Cc1cc(-n2c(C)cc(/C=C/C(=O)OC(C(=O)NC3CC3)c3ccccc3)c2C)no1. The van der Waals surface area contributed by atoms with Crippen LogP contribution in [0.3, 0.4) is 0 Å². The number of esters is 1. The molecule has 1 aliphatic rings. The van der Waals surface area contributed by atoms with Crippen molar-refractivity contribution in [3.05, 3.63) is 76.8 Å². The molecule has 3 aromatic rings. The lowest BCUT2D eigenvalue weighted by molar-refractivity contribution is -0.151. The number of aryl methyl sites for hydroxylation is 2. The van der Waals surface area contributed by atoms with Gasteiger partial charge in [-0.1, -0.05) is 35.5 Å². The molecule has 4 rings (SSSR count). The van der Waals surface area contributed by atoms with E-state index in [2.05, 4.69) is 10.5 Å². The summed E-state index contributed by atoms with van der Waals surface area (Å²) >= 11 is 0. The summed E-state index contributed by atoms with van der Waals surface area (Å²) in [6.07, 6.45) is 3.98. The van der Waals surface area contributed by atoms with Crippen LogP contribution in [0.5, 0.6) is 0 Å². The standard InChI is InChI=1S/C24H25N3O4/c1-15-13-19(17(3)27(15)21-14-16(2)31-26-21)9-12-22(28)30-23(18-7-5-4-6-8-18)24(29)25-20-10-11-20/h4-9,12-14,20,23H,10-11H2,1-3H3,(H,25,29)/b12-9+. The van der Waals surface area contributed by atoms with Crippen LogP contribution < -0.4 is 5.32 Å². The summed E-state index contributed by atoms with van der Waals surface area (Å²) in [4.78, 5) is 25.2. The third-order valence-corrected chi connectivity index (χ3v) is 5.21. The van der Waals surface area contributed by atoms with Crippen molar-refractivity contribution in [1.29, 1.82) is 0 Å². The molecule has 1 saturated carbocycles. The number of benzene rings is 1. The first-order valence-corrected chi connectivity index (χ1v) is 10.3. The highest BCUT2D eigenvalue weighted by Crippen LogP contribution is 2.24. The molecule has 160 valence electrons. The van der Waals surface area contributed by atoms with Gasteiger partial charge in [-0.05, 0) is 51.3 Å². The molecule has 0 saturated heterocycles. The normalized spacial score (nSPS) is 14.5. The highest BCUT2D eigenvalue weighted by atomic mass is 16.5. The number of ether oxygens (including phenoxy) is 1. The van der Waals surface area contributed by atoms with E-state index in [4.69, 9.17) is 9.26 Å². The van der Waals surface area contributed by atoms with E-state index < -0.39 is 12.1 Å². The number of nitrogens with one attached hydrogen (secondary N) is 1. The molecule has 1 aliphatic carbocycles. The van der Waals surface area contributed by atoms with Crippen LogP contribution in [0.15, 0.2) is 53.1 Å². The molecule has 0 aliphatic heterocycles. The van der Waals surface area contributed by atoms with E-state index in [-0.39, 0.29) is 11.9 Å². The third kappa shape index (κ3) is 4.77. The minimum Gasteiger partial charge on any atom is -0.444 e. The third-order valence-electron chi connectivity index (χ3n) is 5.21. The zero-order valence-electron chi connectivity index (χ0n) is 17.8. The Morgan fingerprint density at radius 3 is 2.58 bits per heavy atom. The highest BCUT2D eigenvalue weighted by Gasteiger charge is 2.30. The molecule has 1 N–H and O–H groups in total. The summed E-state index contributed by atoms with van der Waals surface area (Å²) in [6.45, 7) is 5.74. The van der Waals surface area contributed by atoms with Crippen molar-refractivity contribution < 1.29 is 18.8 Å². The topological polar surface area (TPSA) is 86.4 Å². The molecule has 1 unspecified atom stereocenters. The van der Waals surface area contributed by atoms with Gasteiger partial charge in [-0.25, -0.2) is 4.79 Å². The van der Waals surface area contributed by atoms with Crippen LogP contribution in [0, 0.1) is 20.8 Å². The number of hydrogen-bond acceptors (Lipinski definition) is 5. The maximum Gasteiger partial charge on any atom is 0.331 e. The molecule has 1 aromatic carbocycles. The van der Waals surface area contributed by atoms with Gasteiger partial charge >= 0.3 is 5.97 Å². The average Bonchev–Trinajstić information content (AvgIpc) is 3.39. The molecule has 2 heterocycles. The number of hydrogen-bond donors (Lipinski definition) is 1. The van der Waals surface area contributed by atoms with Gasteiger partial charge in [-0.2, -0.15) is 0 Å². The van der Waals surface area contributed by atoms with Gasteiger partial charge in [-0.3, -0.25) is 9.36 Å². The second-order valence-electron chi connectivity index (χ2n) is 7.80. The number of nitrogens with zero attached hydrogens (tertiary/aromatic N) is 2. The van der Waals surface area contributed by atoms with Crippen molar-refractivity contribution in [1.82, 2.24) is 15.0 Å². The summed E-state index contributed by atoms with van der Waals surface area (Å²) in [5.41, 5.74) is 3.38. The van der Waals surface area contributed by atoms with Crippen LogP contribution >= 0.6 is 0 Å². The molecular formula is C24H25N3O4. The van der Waals surface area contributed by atoms with Crippen LogP contribution in [-0.4, -0.2) is 27.6 Å². The second-order valence-corrected chi connectivity index (χ2v) is 7.80. The lowest BCUT2D eigenvalue weighted by atomic mass is 10.1. The summed E-state index contributed by atoms with van der Waals surface area (Å²) in [6, 6.07) is 13.0. The molecule has 2 aromatic heterocycles. The number of carbonyl (C=O) groups excluding carboxylic acids is 2. The Morgan fingerprint density at radius 2 is 1.94 bits per heavy atom. The minimum atomic E-state index is -0.982. The number of amides is 1. The second kappa shape index (κ2) is 8.63. The predicted octanol–water partition coefficient (Wildman–Crippen LogP) is 3.97. The van der Waals surface area contributed by atoms with Crippen LogP contribution in [0.2, 0.25) is 0 Å². The van der Waals surface area contributed by atoms with Crippen molar-refractivity contribution in [3.63, 3.8) is 0 Å². The molecule has 0 radical (unpaired) electrons. The highest BCUT2D eigenvalue weighted by molar-refractivity contribution is 5.91. The summed E-state index contributed by atoms with van der Waals surface area (Å²) in [7, 11) is 0. The van der Waals surface area contributed by atoms with Crippen molar-refractivity contribution in [2.75, 3.05) is 0 Å². The molecule has 1 atom stereocenters. The van der Waals surface area contributed by atoms with Gasteiger partial charge in [-0.15, -0.1) is 0 Å². The van der Waals surface area contributed by atoms with Crippen LogP contribution in [0.25, 0.3) is 11.9 Å². The molecule has 1 fully saturated rings. The summed E-state index contributed by atoms with van der Waals surface area (Å²) in [5, 5.41) is 6.98. The largest absolute Gasteiger partial charge is 0.444 e. The van der Waals surface area contributed by atoms with Gasteiger partial charge in [0, 0.05) is 35.1 Å². The molecule has 0 spiro atoms. The number of rotatable bonds is 7. The molecular weight excluding hydrogens is 394 g/mol. The number of carbonyl (C=O) groups is 2. The van der Waals surface area contributed by atoms with Crippen LogP contribution in [0.4, 0.5) is 0 Å². The summed E-state index contributed by atoms with van der Waals surface area (Å²) in [5.74, 6) is 0.534. The van der Waals surface area contributed by atoms with Crippen LogP contribution in [-0.2, 0) is 14.3 Å². The number of aromatic nitrogens is 2. The fraction of sp³-hybridized carbons (Fsp3) is 0.292. The van der Waals surface area contributed by atoms with E-state index in [0.717, 1.165) is 35.6 Å². The van der Waals surface area contributed by atoms with Gasteiger partial charge in [0.2, 0.25) is 6.10 Å². The summed E-state index contributed by atoms with van der Waals surface area (Å²) < 4.78 is 12.7. The predicted molar refractivity (Wildman–Crippen MR) is 116 cm³/mol. The Bertz CT molecular complexity index is 1120. The Kier molecular flexibility index (Phi) is 5.75. The Morgan fingerprint density at radius 1 is 1.19 bits per heavy atom. The quantitative estimate of drug-likeness (QED) is 0.463. The molecule has 7 nitrogen and oxygen atoms in total. The van der Waals surface area contributed by atoms with E-state index in [0.29, 0.717) is 11.4 Å². The van der Waals surface area contributed by atoms with E-state index in [1.54, 1.807) is 18.2 Å². The molecule has 1 amide bonds. The van der Waals surface area contributed by atoms with Crippen LogP contribution in [0.1, 0.15) is 47.2 Å². The van der Waals surface area contributed by atoms with Crippen molar-refractivity contribution >= 4 is 18.0 Å². The van der Waals surface area contributed by atoms with Gasteiger partial charge in [0.25, 0.3) is 5.91 Å². The van der Waals surface area contributed by atoms with Gasteiger partial charge < -0.3 is 14.6 Å². The zero-order valence-corrected chi connectivity index (χ0v) is 17.8. The average molecular weight is 419 g/mol. The van der Waals surface area contributed by atoms with Crippen molar-refractivity contribution in [2.24, 2.45) is 0 Å². The maximum absolute atomic E-state index is 12.6. The van der Waals surface area contributed by atoms with Gasteiger partial charge in [0.15, 0.2) is 5.82 Å². The van der Waals surface area contributed by atoms with Crippen molar-refractivity contribution in [3.8, 4) is 5.82 Å². The first kappa shape index (κ1) is 20.7. The Labute approximate surface area is 180 Å². The first-order valence-electron chi connectivity index (χ1n) is 10.3. The smallest absolute Gasteiger partial charge is 0.331 e. The minimum absolute atomic E-state index is 0.179. The van der Waals surface area contributed by atoms with E-state index in [1.807, 2.05) is 55.7 Å². The molecule has 7 heteroatoms. The van der Waals surface area contributed by atoms with Gasteiger partial charge in [0.05, 0.1) is 0 Å². The zero-order chi connectivity index (χ0) is 22.0. The van der Waals surface area contributed by atoms with Gasteiger partial charge in [0.1, 0.15) is 5.76 Å².